The zero-order chi connectivity index (χ0) is 18.0. The number of carbonyl (C=O) groups excluding carboxylic acids is 1. The Bertz CT molecular complexity index is 623. The van der Waals surface area contributed by atoms with E-state index in [1.165, 1.54) is 0 Å². The molecular weight excluding hydrogens is 353 g/mol. The predicted octanol–water partition coefficient (Wildman–Crippen LogP) is 4.18. The van der Waals surface area contributed by atoms with Crippen molar-refractivity contribution in [2.24, 2.45) is 11.8 Å². The fraction of sp³-hybridized carbons (Fsp3) is 0.611. The van der Waals surface area contributed by atoms with Crippen molar-refractivity contribution in [3.63, 3.8) is 0 Å². The second-order valence-electron chi connectivity index (χ2n) is 6.88. The Kier molecular flexibility index (Phi) is 5.58. The van der Waals surface area contributed by atoms with E-state index in [1.807, 2.05) is 18.2 Å². The molecule has 1 aromatic rings. The van der Waals surface area contributed by atoms with E-state index in [4.69, 9.17) is 11.6 Å². The van der Waals surface area contributed by atoms with Gasteiger partial charge in [0.2, 0.25) is 5.91 Å². The summed E-state index contributed by atoms with van der Waals surface area (Å²) >= 11 is 6.28. The minimum absolute atomic E-state index is 0.0957. The first-order chi connectivity index (χ1) is 11.9. The number of hydrogen-bond donors (Lipinski definition) is 1. The van der Waals surface area contributed by atoms with E-state index in [-0.39, 0.29) is 24.8 Å². The van der Waals surface area contributed by atoms with Gasteiger partial charge in [-0.15, -0.1) is 0 Å². The molecule has 3 nitrogen and oxygen atoms in total. The van der Waals surface area contributed by atoms with Gasteiger partial charge in [-0.2, -0.15) is 13.2 Å². The molecule has 1 saturated carbocycles. The fourth-order valence-electron chi connectivity index (χ4n) is 3.94. The summed E-state index contributed by atoms with van der Waals surface area (Å²) in [7, 11) is 0. The third kappa shape index (κ3) is 4.11. The van der Waals surface area contributed by atoms with Crippen LogP contribution in [0, 0.1) is 11.8 Å². The molecule has 0 spiro atoms. The highest BCUT2D eigenvalue weighted by molar-refractivity contribution is 6.31. The third-order valence-corrected chi connectivity index (χ3v) is 5.62. The topological polar surface area (TPSA) is 32.3 Å². The highest BCUT2D eigenvalue weighted by Crippen LogP contribution is 2.41. The number of alkyl halides is 3. The molecule has 2 fully saturated rings. The van der Waals surface area contributed by atoms with Gasteiger partial charge in [0.25, 0.3) is 0 Å². The second kappa shape index (κ2) is 7.54. The molecular formula is C18H22ClF3N2O. The van der Waals surface area contributed by atoms with Crippen LogP contribution in [0.25, 0.3) is 0 Å². The van der Waals surface area contributed by atoms with Crippen molar-refractivity contribution in [1.29, 1.82) is 0 Å². The lowest BCUT2D eigenvalue weighted by molar-refractivity contribution is -0.187. The normalized spacial score (nSPS) is 28.0. The molecule has 138 valence electrons. The van der Waals surface area contributed by atoms with Gasteiger partial charge in [0.15, 0.2) is 0 Å². The van der Waals surface area contributed by atoms with Gasteiger partial charge in [0.1, 0.15) is 0 Å². The molecule has 7 heteroatoms. The van der Waals surface area contributed by atoms with Crippen LogP contribution in [0.5, 0.6) is 0 Å². The average Bonchev–Trinajstić information content (AvgIpc) is 2.61. The molecule has 0 bridgehead atoms. The third-order valence-electron chi connectivity index (χ3n) is 5.28. The first kappa shape index (κ1) is 18.5. The van der Waals surface area contributed by atoms with E-state index in [0.717, 1.165) is 5.56 Å². The molecule has 1 heterocycles. The Labute approximate surface area is 150 Å². The maximum absolute atomic E-state index is 13.1. The summed E-state index contributed by atoms with van der Waals surface area (Å²) in [4.78, 5) is 14.7. The lowest BCUT2D eigenvalue weighted by Gasteiger charge is -2.40. The van der Waals surface area contributed by atoms with Crippen molar-refractivity contribution >= 4 is 17.5 Å². The summed E-state index contributed by atoms with van der Waals surface area (Å²) in [6.45, 7) is 1.69. The van der Waals surface area contributed by atoms with Crippen LogP contribution in [0.3, 0.4) is 0 Å². The molecule has 3 rings (SSSR count). The minimum Gasteiger partial charge on any atom is -0.333 e. The maximum Gasteiger partial charge on any atom is 0.391 e. The lowest BCUT2D eigenvalue weighted by atomic mass is 9.80. The van der Waals surface area contributed by atoms with Crippen LogP contribution in [0.2, 0.25) is 5.02 Å². The molecule has 0 aromatic heterocycles. The van der Waals surface area contributed by atoms with Crippen LogP contribution in [0.15, 0.2) is 24.3 Å². The number of amides is 1. The van der Waals surface area contributed by atoms with Crippen LogP contribution in [0.1, 0.15) is 37.3 Å². The Hall–Kier alpha value is -1.27. The summed E-state index contributed by atoms with van der Waals surface area (Å²) in [5.41, 5.74) is 0.841. The van der Waals surface area contributed by atoms with E-state index >= 15 is 0 Å². The molecule has 1 saturated heterocycles. The smallest absolute Gasteiger partial charge is 0.333 e. The molecule has 25 heavy (non-hydrogen) atoms. The first-order valence-corrected chi connectivity index (χ1v) is 9.08. The maximum atomic E-state index is 13.1. The average molecular weight is 375 g/mol. The number of halogens is 4. The van der Waals surface area contributed by atoms with Gasteiger partial charge in [-0.05, 0) is 30.9 Å². The van der Waals surface area contributed by atoms with E-state index < -0.39 is 18.0 Å². The fourth-order valence-corrected chi connectivity index (χ4v) is 4.20. The minimum atomic E-state index is -4.22. The predicted molar refractivity (Wildman–Crippen MR) is 90.3 cm³/mol. The largest absolute Gasteiger partial charge is 0.391 e. The van der Waals surface area contributed by atoms with Gasteiger partial charge in [0, 0.05) is 30.6 Å². The summed E-state index contributed by atoms with van der Waals surface area (Å²) in [6, 6.07) is 7.09. The molecule has 1 aromatic carbocycles. The van der Waals surface area contributed by atoms with Crippen LogP contribution < -0.4 is 5.32 Å². The van der Waals surface area contributed by atoms with Crippen LogP contribution in [-0.2, 0) is 4.79 Å². The van der Waals surface area contributed by atoms with Gasteiger partial charge < -0.3 is 10.2 Å². The van der Waals surface area contributed by atoms with Crippen LogP contribution >= 0.6 is 11.6 Å². The van der Waals surface area contributed by atoms with E-state index in [9.17, 15) is 18.0 Å². The van der Waals surface area contributed by atoms with E-state index in [2.05, 4.69) is 5.32 Å². The Balaban J connectivity index is 1.78. The summed E-state index contributed by atoms with van der Waals surface area (Å²) in [5.74, 6) is -2.08. The van der Waals surface area contributed by atoms with Gasteiger partial charge in [0.05, 0.1) is 12.0 Å². The second-order valence-corrected chi connectivity index (χ2v) is 7.28. The van der Waals surface area contributed by atoms with Crippen molar-refractivity contribution in [3.8, 4) is 0 Å². The van der Waals surface area contributed by atoms with Crippen molar-refractivity contribution < 1.29 is 18.0 Å². The number of nitrogens with one attached hydrogen (secondary N) is 1. The molecule has 1 aliphatic carbocycles. The monoisotopic (exact) mass is 374 g/mol. The molecule has 3 unspecified atom stereocenters. The van der Waals surface area contributed by atoms with Crippen LogP contribution in [-0.4, -0.2) is 36.6 Å². The Morgan fingerprint density at radius 2 is 2.00 bits per heavy atom. The molecule has 1 aliphatic heterocycles. The highest BCUT2D eigenvalue weighted by Gasteiger charge is 2.45. The number of nitrogens with zero attached hydrogens (tertiary/aromatic N) is 1. The van der Waals surface area contributed by atoms with Crippen LogP contribution in [0.4, 0.5) is 13.2 Å². The number of hydrogen-bond acceptors (Lipinski definition) is 2. The number of piperazine rings is 1. The van der Waals surface area contributed by atoms with Gasteiger partial charge in [-0.1, -0.05) is 36.2 Å². The Morgan fingerprint density at radius 1 is 1.24 bits per heavy atom. The number of benzene rings is 1. The molecule has 3 atom stereocenters. The van der Waals surface area contributed by atoms with Gasteiger partial charge in [-0.25, -0.2) is 0 Å². The van der Waals surface area contributed by atoms with E-state index in [1.54, 1.807) is 11.0 Å². The first-order valence-electron chi connectivity index (χ1n) is 8.70. The highest BCUT2D eigenvalue weighted by atomic mass is 35.5. The quantitative estimate of drug-likeness (QED) is 0.842. The molecule has 1 amide bonds. The SMILES string of the molecule is O=C(C1CCCC(C(F)(F)F)C1)N1CCNCC1c1ccccc1Cl. The lowest BCUT2D eigenvalue weighted by Crippen LogP contribution is -2.51. The number of rotatable bonds is 2. The molecule has 1 N–H and O–H groups in total. The van der Waals surface area contributed by atoms with E-state index in [0.29, 0.717) is 37.5 Å². The van der Waals surface area contributed by atoms with Crippen molar-refractivity contribution in [3.05, 3.63) is 34.9 Å². The summed E-state index contributed by atoms with van der Waals surface area (Å²) < 4.78 is 39.2. The summed E-state index contributed by atoms with van der Waals surface area (Å²) in [5, 5.41) is 3.82. The van der Waals surface area contributed by atoms with Gasteiger partial charge >= 0.3 is 6.18 Å². The molecule has 0 radical (unpaired) electrons. The van der Waals surface area contributed by atoms with Crippen molar-refractivity contribution in [2.45, 2.75) is 37.9 Å². The molecule has 2 aliphatic rings. The number of carbonyl (C=O) groups is 1. The van der Waals surface area contributed by atoms with Crippen molar-refractivity contribution in [1.82, 2.24) is 10.2 Å². The van der Waals surface area contributed by atoms with Crippen molar-refractivity contribution in [2.75, 3.05) is 19.6 Å². The summed E-state index contributed by atoms with van der Waals surface area (Å²) in [6.07, 6.45) is -3.21. The van der Waals surface area contributed by atoms with Gasteiger partial charge in [-0.3, -0.25) is 4.79 Å². The Morgan fingerprint density at radius 3 is 2.72 bits per heavy atom. The zero-order valence-electron chi connectivity index (χ0n) is 13.9. The zero-order valence-corrected chi connectivity index (χ0v) is 14.6. The standard InChI is InChI=1S/C18H22ClF3N2O/c19-15-7-2-1-6-14(15)16-11-23-8-9-24(16)17(25)12-4-3-5-13(10-12)18(20,21)22/h1-2,6-7,12-13,16,23H,3-5,8-11H2.